The molecular formula is C12H20N4O2. The van der Waals surface area contributed by atoms with Crippen molar-refractivity contribution >= 4 is 5.97 Å². The predicted octanol–water partition coefficient (Wildman–Crippen LogP) is -0.335. The third-order valence-corrected chi connectivity index (χ3v) is 3.40. The molecule has 1 aliphatic rings. The lowest BCUT2D eigenvalue weighted by Gasteiger charge is -2.33. The highest BCUT2D eigenvalue weighted by molar-refractivity contribution is 5.69. The Bertz CT molecular complexity index is 397. The number of aromatic nitrogens is 2. The van der Waals surface area contributed by atoms with E-state index in [4.69, 9.17) is 5.11 Å². The quantitative estimate of drug-likeness (QED) is 0.777. The van der Waals surface area contributed by atoms with Gasteiger partial charge in [0.25, 0.3) is 0 Å². The molecule has 1 aromatic rings. The molecule has 1 fully saturated rings. The van der Waals surface area contributed by atoms with Crippen LogP contribution in [0.5, 0.6) is 0 Å². The van der Waals surface area contributed by atoms with E-state index in [9.17, 15) is 4.79 Å². The zero-order valence-electron chi connectivity index (χ0n) is 10.7. The van der Waals surface area contributed by atoms with Gasteiger partial charge in [0.05, 0.1) is 6.54 Å². The fraction of sp³-hybridized carbons (Fsp3) is 0.667. The minimum absolute atomic E-state index is 0.160. The molecule has 1 aliphatic heterocycles. The highest BCUT2D eigenvalue weighted by atomic mass is 16.4. The first-order valence-corrected chi connectivity index (χ1v) is 6.28. The van der Waals surface area contributed by atoms with Crippen LogP contribution in [0.15, 0.2) is 12.4 Å². The Balaban J connectivity index is 1.71. The van der Waals surface area contributed by atoms with Crippen LogP contribution >= 0.6 is 0 Å². The molecular weight excluding hydrogens is 232 g/mol. The number of carboxylic acids is 1. The van der Waals surface area contributed by atoms with Gasteiger partial charge >= 0.3 is 5.97 Å². The average molecular weight is 252 g/mol. The molecule has 0 amide bonds. The largest absolute Gasteiger partial charge is 0.480 e. The first-order valence-electron chi connectivity index (χ1n) is 6.28. The van der Waals surface area contributed by atoms with Crippen molar-refractivity contribution in [2.75, 3.05) is 39.3 Å². The van der Waals surface area contributed by atoms with Crippen molar-refractivity contribution in [2.24, 2.45) is 7.05 Å². The molecule has 0 bridgehead atoms. The summed E-state index contributed by atoms with van der Waals surface area (Å²) < 4.78 is 2.04. The van der Waals surface area contributed by atoms with Crippen LogP contribution in [-0.4, -0.2) is 69.7 Å². The second-order valence-electron chi connectivity index (χ2n) is 4.72. The lowest BCUT2D eigenvalue weighted by molar-refractivity contribution is -0.138. The normalized spacial score (nSPS) is 18.1. The predicted molar refractivity (Wildman–Crippen MR) is 67.4 cm³/mol. The van der Waals surface area contributed by atoms with E-state index in [1.165, 1.54) is 0 Å². The number of imidazole rings is 1. The molecule has 0 atom stereocenters. The van der Waals surface area contributed by atoms with Crippen LogP contribution in [0.1, 0.15) is 5.82 Å². The summed E-state index contributed by atoms with van der Waals surface area (Å²) in [5.41, 5.74) is 0. The summed E-state index contributed by atoms with van der Waals surface area (Å²) in [7, 11) is 2.01. The SMILES string of the molecule is Cn1ccnc1CCN1CCN(CC(=O)O)CC1. The molecule has 1 aromatic heterocycles. The fourth-order valence-corrected chi connectivity index (χ4v) is 2.26. The zero-order valence-corrected chi connectivity index (χ0v) is 10.7. The number of hydrogen-bond acceptors (Lipinski definition) is 4. The standard InChI is InChI=1S/C12H20N4O2/c1-14-5-3-13-11(14)2-4-15-6-8-16(9-7-15)10-12(17)18/h3,5H,2,4,6-10H2,1H3,(H,17,18). The van der Waals surface area contributed by atoms with E-state index in [0.717, 1.165) is 45.0 Å². The Morgan fingerprint density at radius 2 is 2.00 bits per heavy atom. The Morgan fingerprint density at radius 3 is 2.56 bits per heavy atom. The Labute approximate surface area is 107 Å². The van der Waals surface area contributed by atoms with E-state index < -0.39 is 5.97 Å². The summed E-state index contributed by atoms with van der Waals surface area (Å²) in [6.07, 6.45) is 4.72. The molecule has 0 aromatic carbocycles. The van der Waals surface area contributed by atoms with Crippen molar-refractivity contribution in [1.29, 1.82) is 0 Å². The molecule has 0 aliphatic carbocycles. The van der Waals surface area contributed by atoms with Gasteiger partial charge < -0.3 is 14.6 Å². The zero-order chi connectivity index (χ0) is 13.0. The number of carboxylic acid groups (broad SMARTS) is 1. The van der Waals surface area contributed by atoms with Crippen molar-refractivity contribution in [2.45, 2.75) is 6.42 Å². The third-order valence-electron chi connectivity index (χ3n) is 3.40. The van der Waals surface area contributed by atoms with Gasteiger partial charge in [0.2, 0.25) is 0 Å². The van der Waals surface area contributed by atoms with Crippen LogP contribution < -0.4 is 0 Å². The second-order valence-corrected chi connectivity index (χ2v) is 4.72. The van der Waals surface area contributed by atoms with E-state index in [-0.39, 0.29) is 6.54 Å². The van der Waals surface area contributed by atoms with E-state index >= 15 is 0 Å². The van der Waals surface area contributed by atoms with Gasteiger partial charge in [-0.3, -0.25) is 9.69 Å². The molecule has 0 unspecified atom stereocenters. The number of nitrogens with zero attached hydrogens (tertiary/aromatic N) is 4. The van der Waals surface area contributed by atoms with Gasteiger partial charge in [-0.1, -0.05) is 0 Å². The number of carbonyl (C=O) groups is 1. The number of hydrogen-bond donors (Lipinski definition) is 1. The number of rotatable bonds is 5. The number of aryl methyl sites for hydroxylation is 1. The van der Waals surface area contributed by atoms with E-state index in [2.05, 4.69) is 9.88 Å². The van der Waals surface area contributed by atoms with Gasteiger partial charge in [-0.05, 0) is 0 Å². The second kappa shape index (κ2) is 5.97. The van der Waals surface area contributed by atoms with Crippen molar-refractivity contribution < 1.29 is 9.90 Å². The van der Waals surface area contributed by atoms with Gasteiger partial charge in [0.1, 0.15) is 5.82 Å². The average Bonchev–Trinajstić information content (AvgIpc) is 2.73. The molecule has 1 saturated heterocycles. The Kier molecular flexibility index (Phi) is 4.33. The summed E-state index contributed by atoms with van der Waals surface area (Å²) in [4.78, 5) is 19.3. The van der Waals surface area contributed by atoms with Crippen molar-refractivity contribution in [3.05, 3.63) is 18.2 Å². The van der Waals surface area contributed by atoms with Crippen LogP contribution in [0.2, 0.25) is 0 Å². The van der Waals surface area contributed by atoms with E-state index in [1.54, 1.807) is 0 Å². The maximum atomic E-state index is 10.6. The van der Waals surface area contributed by atoms with Crippen LogP contribution in [0.4, 0.5) is 0 Å². The minimum Gasteiger partial charge on any atom is -0.480 e. The molecule has 2 rings (SSSR count). The molecule has 0 radical (unpaired) electrons. The van der Waals surface area contributed by atoms with Crippen molar-refractivity contribution in [3.8, 4) is 0 Å². The van der Waals surface area contributed by atoms with Gasteiger partial charge in [0.15, 0.2) is 0 Å². The lowest BCUT2D eigenvalue weighted by Crippen LogP contribution is -2.48. The molecule has 18 heavy (non-hydrogen) atoms. The summed E-state index contributed by atoms with van der Waals surface area (Å²) in [6, 6.07) is 0. The molecule has 0 spiro atoms. The van der Waals surface area contributed by atoms with Crippen molar-refractivity contribution in [1.82, 2.24) is 19.4 Å². The lowest BCUT2D eigenvalue weighted by atomic mass is 10.3. The van der Waals surface area contributed by atoms with Crippen LogP contribution in [0, 0.1) is 0 Å². The monoisotopic (exact) mass is 252 g/mol. The fourth-order valence-electron chi connectivity index (χ4n) is 2.26. The summed E-state index contributed by atoms with van der Waals surface area (Å²) in [6.45, 7) is 4.72. The summed E-state index contributed by atoms with van der Waals surface area (Å²) >= 11 is 0. The molecule has 6 nitrogen and oxygen atoms in total. The van der Waals surface area contributed by atoms with Crippen LogP contribution in [0.3, 0.4) is 0 Å². The Hall–Kier alpha value is -1.40. The van der Waals surface area contributed by atoms with Gasteiger partial charge in [-0.25, -0.2) is 4.98 Å². The van der Waals surface area contributed by atoms with E-state index in [0.29, 0.717) is 0 Å². The molecule has 1 N–H and O–H groups in total. The smallest absolute Gasteiger partial charge is 0.317 e. The van der Waals surface area contributed by atoms with E-state index in [1.807, 2.05) is 28.9 Å². The number of piperazine rings is 1. The van der Waals surface area contributed by atoms with Crippen LogP contribution in [-0.2, 0) is 18.3 Å². The van der Waals surface area contributed by atoms with Crippen molar-refractivity contribution in [3.63, 3.8) is 0 Å². The van der Waals surface area contributed by atoms with Gasteiger partial charge in [0, 0.05) is 58.6 Å². The van der Waals surface area contributed by atoms with Gasteiger partial charge in [-0.15, -0.1) is 0 Å². The molecule has 100 valence electrons. The first kappa shape index (κ1) is 13.0. The number of aliphatic carboxylic acids is 1. The first-order chi connectivity index (χ1) is 8.65. The maximum Gasteiger partial charge on any atom is 0.317 e. The third kappa shape index (κ3) is 3.54. The van der Waals surface area contributed by atoms with Gasteiger partial charge in [-0.2, -0.15) is 0 Å². The summed E-state index contributed by atoms with van der Waals surface area (Å²) in [5.74, 6) is 0.361. The van der Waals surface area contributed by atoms with Crippen LogP contribution in [0.25, 0.3) is 0 Å². The highest BCUT2D eigenvalue weighted by Crippen LogP contribution is 2.03. The Morgan fingerprint density at radius 1 is 1.33 bits per heavy atom. The minimum atomic E-state index is -0.739. The topological polar surface area (TPSA) is 61.6 Å². The summed E-state index contributed by atoms with van der Waals surface area (Å²) in [5, 5.41) is 8.72. The maximum absolute atomic E-state index is 10.6. The molecule has 6 heteroatoms. The highest BCUT2D eigenvalue weighted by Gasteiger charge is 2.18. The molecule has 0 saturated carbocycles. The molecule has 2 heterocycles.